The third-order valence-electron chi connectivity index (χ3n) is 4.58. The maximum absolute atomic E-state index is 11.1. The number of benzene rings is 3. The molecule has 25 heavy (non-hydrogen) atoms. The summed E-state index contributed by atoms with van der Waals surface area (Å²) < 4.78 is 6.48. The number of carbonyl (C=O) groups is 1. The van der Waals surface area contributed by atoms with Crippen molar-refractivity contribution in [3.8, 4) is 16.9 Å². The summed E-state index contributed by atoms with van der Waals surface area (Å²) in [5.41, 5.74) is 3.73. The van der Waals surface area contributed by atoms with E-state index in [4.69, 9.17) is 4.74 Å². The largest absolute Gasteiger partial charge is 0.427 e. The van der Waals surface area contributed by atoms with Crippen molar-refractivity contribution in [3.05, 3.63) is 65.0 Å². The van der Waals surface area contributed by atoms with Gasteiger partial charge in [-0.05, 0) is 59.5 Å². The van der Waals surface area contributed by atoms with Crippen molar-refractivity contribution in [2.24, 2.45) is 0 Å². The second kappa shape index (κ2) is 6.01. The molecule has 0 saturated carbocycles. The Bertz CT molecular complexity index is 1100. The molecule has 1 aromatic heterocycles. The molecule has 4 aromatic rings. The van der Waals surface area contributed by atoms with E-state index in [2.05, 4.69) is 44.2 Å². The molecule has 0 atom stereocenters. The fraction of sp³-hybridized carbons (Fsp3) is 0.136. The minimum atomic E-state index is -0.301. The van der Waals surface area contributed by atoms with Crippen LogP contribution in [0.3, 0.4) is 0 Å². The molecule has 0 aliphatic rings. The number of hydrogen-bond acceptors (Lipinski definition) is 3. The number of rotatable bonds is 2. The van der Waals surface area contributed by atoms with Crippen LogP contribution in [0, 0.1) is 13.8 Å². The van der Waals surface area contributed by atoms with E-state index in [1.807, 2.05) is 35.6 Å². The van der Waals surface area contributed by atoms with Crippen LogP contribution in [0.25, 0.3) is 32.0 Å². The third-order valence-corrected chi connectivity index (χ3v) is 5.74. The smallest absolute Gasteiger partial charge is 0.308 e. The van der Waals surface area contributed by atoms with Gasteiger partial charge in [0, 0.05) is 21.9 Å². The quantitative estimate of drug-likeness (QED) is 0.316. The molecule has 124 valence electrons. The van der Waals surface area contributed by atoms with E-state index in [1.54, 1.807) is 0 Å². The Balaban J connectivity index is 2.02. The van der Waals surface area contributed by atoms with Gasteiger partial charge in [0.25, 0.3) is 0 Å². The highest BCUT2D eigenvalue weighted by Crippen LogP contribution is 2.42. The number of carbonyl (C=O) groups excluding carboxylic acids is 1. The third kappa shape index (κ3) is 2.71. The molecule has 0 unspecified atom stereocenters. The molecule has 3 heteroatoms. The summed E-state index contributed by atoms with van der Waals surface area (Å²) in [6.07, 6.45) is 0. The van der Waals surface area contributed by atoms with Crippen molar-refractivity contribution < 1.29 is 9.53 Å². The van der Waals surface area contributed by atoms with E-state index in [9.17, 15) is 4.79 Å². The molecule has 0 fully saturated rings. The van der Waals surface area contributed by atoms with Gasteiger partial charge in [0.05, 0.1) is 0 Å². The van der Waals surface area contributed by atoms with Crippen LogP contribution in [-0.2, 0) is 4.79 Å². The molecule has 1 heterocycles. The minimum absolute atomic E-state index is 0.301. The zero-order valence-corrected chi connectivity index (χ0v) is 15.2. The van der Waals surface area contributed by atoms with Gasteiger partial charge in [-0.25, -0.2) is 0 Å². The first-order valence-electron chi connectivity index (χ1n) is 8.25. The van der Waals surface area contributed by atoms with E-state index >= 15 is 0 Å². The van der Waals surface area contributed by atoms with Crippen molar-refractivity contribution in [1.82, 2.24) is 0 Å². The van der Waals surface area contributed by atoms with Gasteiger partial charge in [-0.2, -0.15) is 0 Å². The maximum Gasteiger partial charge on any atom is 0.308 e. The molecular weight excluding hydrogens is 328 g/mol. The number of aryl methyl sites for hydroxylation is 2. The Morgan fingerprint density at radius 1 is 1.00 bits per heavy atom. The minimum Gasteiger partial charge on any atom is -0.427 e. The summed E-state index contributed by atoms with van der Waals surface area (Å²) in [5.74, 6) is 0.274. The zero-order valence-electron chi connectivity index (χ0n) is 14.4. The first-order chi connectivity index (χ1) is 12.0. The number of thiophene rings is 1. The van der Waals surface area contributed by atoms with Gasteiger partial charge in [-0.15, -0.1) is 11.3 Å². The molecule has 0 saturated heterocycles. The highest BCUT2D eigenvalue weighted by molar-refractivity contribution is 7.19. The standard InChI is InChI=1S/C22H18O2S/c1-13-14(2)25-20-12-17-6-4-5-7-19(17)22(21(13)20)16-8-10-18(11-9-16)24-15(3)23/h4-12H,1-3H3. The summed E-state index contributed by atoms with van der Waals surface area (Å²) in [5, 5.41) is 3.81. The first kappa shape index (κ1) is 15.9. The molecule has 0 aliphatic heterocycles. The highest BCUT2D eigenvalue weighted by Gasteiger charge is 2.15. The summed E-state index contributed by atoms with van der Waals surface area (Å²) >= 11 is 1.84. The predicted molar refractivity (Wildman–Crippen MR) is 106 cm³/mol. The Morgan fingerprint density at radius 3 is 2.44 bits per heavy atom. The van der Waals surface area contributed by atoms with Crippen LogP contribution in [0.2, 0.25) is 0 Å². The lowest BCUT2D eigenvalue weighted by atomic mass is 9.93. The van der Waals surface area contributed by atoms with Crippen molar-refractivity contribution in [2.45, 2.75) is 20.8 Å². The molecule has 0 N–H and O–H groups in total. The Hall–Kier alpha value is -2.65. The van der Waals surface area contributed by atoms with E-state index in [1.165, 1.54) is 43.8 Å². The number of hydrogen-bond donors (Lipinski definition) is 0. The highest BCUT2D eigenvalue weighted by atomic mass is 32.1. The summed E-state index contributed by atoms with van der Waals surface area (Å²) in [7, 11) is 0. The maximum atomic E-state index is 11.1. The van der Waals surface area contributed by atoms with E-state index < -0.39 is 0 Å². The lowest BCUT2D eigenvalue weighted by Gasteiger charge is -2.11. The summed E-state index contributed by atoms with van der Waals surface area (Å²) in [4.78, 5) is 12.5. The SMILES string of the molecule is CC(=O)Oc1ccc(-c2c3ccccc3cc3sc(C)c(C)c23)cc1. The molecular formula is C22H18O2S. The average molecular weight is 346 g/mol. The van der Waals surface area contributed by atoms with Crippen LogP contribution < -0.4 is 4.74 Å². The molecule has 2 nitrogen and oxygen atoms in total. The van der Waals surface area contributed by atoms with Crippen molar-refractivity contribution in [2.75, 3.05) is 0 Å². The Morgan fingerprint density at radius 2 is 1.72 bits per heavy atom. The number of ether oxygens (including phenoxy) is 1. The topological polar surface area (TPSA) is 26.3 Å². The first-order valence-corrected chi connectivity index (χ1v) is 9.06. The summed E-state index contributed by atoms with van der Waals surface area (Å²) in [6.45, 7) is 5.79. The van der Waals surface area contributed by atoms with Crippen LogP contribution in [0.1, 0.15) is 17.4 Å². The fourth-order valence-electron chi connectivity index (χ4n) is 3.35. The van der Waals surface area contributed by atoms with E-state index in [0.717, 1.165) is 5.56 Å². The lowest BCUT2D eigenvalue weighted by molar-refractivity contribution is -0.131. The molecule has 0 amide bonds. The molecule has 0 spiro atoms. The monoisotopic (exact) mass is 346 g/mol. The van der Waals surface area contributed by atoms with Gasteiger partial charge in [-0.1, -0.05) is 36.4 Å². The zero-order chi connectivity index (χ0) is 17.6. The molecule has 0 bridgehead atoms. The van der Waals surface area contributed by atoms with E-state index in [-0.39, 0.29) is 5.97 Å². The van der Waals surface area contributed by atoms with Gasteiger partial charge < -0.3 is 4.74 Å². The Labute approximate surface area is 150 Å². The van der Waals surface area contributed by atoms with Crippen molar-refractivity contribution >= 4 is 38.2 Å². The van der Waals surface area contributed by atoms with Gasteiger partial charge in [0.2, 0.25) is 0 Å². The second-order valence-corrected chi connectivity index (χ2v) is 7.50. The Kier molecular flexibility index (Phi) is 3.81. The van der Waals surface area contributed by atoms with Crippen LogP contribution >= 0.6 is 11.3 Å². The van der Waals surface area contributed by atoms with Crippen molar-refractivity contribution in [1.29, 1.82) is 0 Å². The fourth-order valence-corrected chi connectivity index (χ4v) is 4.48. The molecule has 4 rings (SSSR count). The average Bonchev–Trinajstić information content (AvgIpc) is 2.87. The van der Waals surface area contributed by atoms with Crippen LogP contribution in [-0.4, -0.2) is 5.97 Å². The molecule has 0 aliphatic carbocycles. The van der Waals surface area contributed by atoms with Crippen LogP contribution in [0.5, 0.6) is 5.75 Å². The number of esters is 1. The second-order valence-electron chi connectivity index (χ2n) is 6.25. The normalized spacial score (nSPS) is 11.2. The number of fused-ring (bicyclic) bond motifs is 2. The lowest BCUT2D eigenvalue weighted by Crippen LogP contribution is -2.00. The van der Waals surface area contributed by atoms with Gasteiger partial charge >= 0.3 is 5.97 Å². The summed E-state index contributed by atoms with van der Waals surface area (Å²) in [6, 6.07) is 18.6. The van der Waals surface area contributed by atoms with Gasteiger partial charge in [-0.3, -0.25) is 4.79 Å². The van der Waals surface area contributed by atoms with Crippen LogP contribution in [0.4, 0.5) is 0 Å². The van der Waals surface area contributed by atoms with Crippen LogP contribution in [0.15, 0.2) is 54.6 Å². The molecule has 3 aromatic carbocycles. The van der Waals surface area contributed by atoms with Gasteiger partial charge in [0.1, 0.15) is 5.75 Å². The van der Waals surface area contributed by atoms with Gasteiger partial charge in [0.15, 0.2) is 0 Å². The molecule has 0 radical (unpaired) electrons. The van der Waals surface area contributed by atoms with Crippen molar-refractivity contribution in [3.63, 3.8) is 0 Å². The van der Waals surface area contributed by atoms with E-state index in [0.29, 0.717) is 5.75 Å². The predicted octanol–water partition coefficient (Wildman–Crippen LogP) is 6.26.